The normalized spacial score (nSPS) is 14.8. The van der Waals surface area contributed by atoms with Crippen LogP contribution in [0.3, 0.4) is 0 Å². The number of nitrogens with zero attached hydrogens (tertiary/aromatic N) is 2. The van der Waals surface area contributed by atoms with Gasteiger partial charge in [-0.3, -0.25) is 0 Å². The molecule has 0 saturated heterocycles. The van der Waals surface area contributed by atoms with E-state index in [2.05, 4.69) is 13.8 Å². The molecule has 0 N–H and O–H groups in total. The Hall–Kier alpha value is -2.36. The highest BCUT2D eigenvalue weighted by Gasteiger charge is 2.24. The summed E-state index contributed by atoms with van der Waals surface area (Å²) in [4.78, 5) is 9.40. The number of ether oxygens (including phenoxy) is 2. The minimum atomic E-state index is 0.802. The van der Waals surface area contributed by atoms with Crippen molar-refractivity contribution in [1.82, 2.24) is 0 Å². The van der Waals surface area contributed by atoms with E-state index < -0.39 is 0 Å². The molecule has 0 radical (unpaired) electrons. The molecule has 2 aliphatic heterocycles. The summed E-state index contributed by atoms with van der Waals surface area (Å²) in [6.07, 6.45) is 6.17. The van der Waals surface area contributed by atoms with Gasteiger partial charge in [0.1, 0.15) is 11.5 Å². The highest BCUT2D eigenvalue weighted by atomic mass is 16.5. The maximum atomic E-state index is 6.02. The van der Waals surface area contributed by atoms with E-state index in [9.17, 15) is 0 Å². The van der Waals surface area contributed by atoms with Crippen molar-refractivity contribution in [3.8, 4) is 11.5 Å². The smallest absolute Gasteiger partial charge is 0.195 e. The lowest BCUT2D eigenvalue weighted by atomic mass is 10.0. The first-order valence-electron chi connectivity index (χ1n) is 8.90. The number of unbranched alkanes of at least 4 members (excludes halogenated alkanes) is 2. The zero-order valence-corrected chi connectivity index (χ0v) is 14.3. The first kappa shape index (κ1) is 15.2. The minimum Gasteiger partial charge on any atom is -0.442 e. The third-order valence-electron chi connectivity index (χ3n) is 4.47. The second-order valence-electron chi connectivity index (χ2n) is 6.34. The molecular formula is C20H22N2O2. The molecule has 0 atom stereocenters. The van der Waals surface area contributed by atoms with Crippen molar-refractivity contribution < 1.29 is 9.47 Å². The van der Waals surface area contributed by atoms with Gasteiger partial charge in [0.05, 0.1) is 22.1 Å². The first-order valence-corrected chi connectivity index (χ1v) is 8.90. The van der Waals surface area contributed by atoms with Crippen LogP contribution in [-0.2, 0) is 0 Å². The van der Waals surface area contributed by atoms with Crippen LogP contribution in [0.15, 0.2) is 34.3 Å². The first-order chi connectivity index (χ1) is 11.8. The van der Waals surface area contributed by atoms with Gasteiger partial charge in [-0.25, -0.2) is 9.98 Å². The number of hydrogen-bond acceptors (Lipinski definition) is 4. The third-order valence-corrected chi connectivity index (χ3v) is 4.47. The van der Waals surface area contributed by atoms with Crippen LogP contribution < -0.4 is 9.47 Å². The average Bonchev–Trinajstić information content (AvgIpc) is 2.62. The quantitative estimate of drug-likeness (QED) is 0.648. The molecule has 0 saturated carbocycles. The molecule has 2 heterocycles. The number of aliphatic imine (C=N–C) groups is 2. The van der Waals surface area contributed by atoms with Crippen LogP contribution in [-0.4, -0.2) is 11.8 Å². The number of rotatable bonds is 6. The lowest BCUT2D eigenvalue weighted by molar-refractivity contribution is 0.520. The third kappa shape index (κ3) is 2.56. The zero-order valence-electron chi connectivity index (χ0n) is 14.3. The van der Waals surface area contributed by atoms with Gasteiger partial charge in [-0.05, 0) is 37.1 Å². The molecule has 4 heteroatoms. The largest absolute Gasteiger partial charge is 0.442 e. The number of benzene rings is 2. The fourth-order valence-electron chi connectivity index (χ4n) is 3.19. The molecule has 2 aliphatic rings. The van der Waals surface area contributed by atoms with Crippen LogP contribution in [0.25, 0.3) is 10.8 Å². The van der Waals surface area contributed by atoms with Gasteiger partial charge in [-0.1, -0.05) is 26.7 Å². The van der Waals surface area contributed by atoms with E-state index in [1.807, 2.05) is 24.3 Å². The Labute approximate surface area is 142 Å². The molecule has 24 heavy (non-hydrogen) atoms. The second kappa shape index (κ2) is 6.27. The zero-order chi connectivity index (χ0) is 16.5. The Morgan fingerprint density at radius 1 is 0.708 bits per heavy atom. The van der Waals surface area contributed by atoms with E-state index in [0.717, 1.165) is 84.0 Å². The summed E-state index contributed by atoms with van der Waals surface area (Å²) in [5, 5.41) is 2.03. The molecule has 4 nitrogen and oxygen atoms in total. The van der Waals surface area contributed by atoms with Crippen molar-refractivity contribution in [1.29, 1.82) is 0 Å². The molecule has 2 aromatic rings. The summed E-state index contributed by atoms with van der Waals surface area (Å²) in [6.45, 7) is 4.35. The molecule has 124 valence electrons. The van der Waals surface area contributed by atoms with Crippen LogP contribution >= 0.6 is 0 Å². The fourth-order valence-corrected chi connectivity index (χ4v) is 3.19. The Bertz CT molecular complexity index is 781. The van der Waals surface area contributed by atoms with E-state index in [0.29, 0.717) is 0 Å². The highest BCUT2D eigenvalue weighted by Crippen LogP contribution is 2.48. The fraction of sp³-hybridized carbons (Fsp3) is 0.400. The van der Waals surface area contributed by atoms with Crippen LogP contribution in [0.1, 0.15) is 52.4 Å². The van der Waals surface area contributed by atoms with Crippen LogP contribution in [0.2, 0.25) is 0 Å². The molecule has 4 rings (SSSR count). The topological polar surface area (TPSA) is 43.2 Å². The van der Waals surface area contributed by atoms with Crippen LogP contribution in [0.5, 0.6) is 11.5 Å². The van der Waals surface area contributed by atoms with Crippen molar-refractivity contribution in [3.05, 3.63) is 24.3 Å². The maximum absolute atomic E-state index is 6.02. The maximum Gasteiger partial charge on any atom is 0.195 e. The Morgan fingerprint density at radius 3 is 1.58 bits per heavy atom. The Morgan fingerprint density at radius 2 is 1.17 bits per heavy atom. The van der Waals surface area contributed by atoms with Gasteiger partial charge in [0.25, 0.3) is 0 Å². The molecule has 0 spiro atoms. The molecule has 0 aromatic heterocycles. The SMILES string of the molecule is CCCCC1=Nc2ccc3c4c(ccc(c24)O1)N=C(CCCC)O3. The van der Waals surface area contributed by atoms with Gasteiger partial charge >= 0.3 is 0 Å². The van der Waals surface area contributed by atoms with Crippen molar-refractivity contribution in [2.24, 2.45) is 9.98 Å². The lowest BCUT2D eigenvalue weighted by Crippen LogP contribution is -2.14. The standard InChI is InChI=1S/C20H22N2O2/c1-3-5-7-17-21-13-9-12-16-20-14(10-11-15(23-17)19(13)20)22-18(24-16)8-6-4-2/h9-12H,3-8H2,1-2H3. The molecule has 0 aliphatic carbocycles. The van der Waals surface area contributed by atoms with Gasteiger partial charge in [-0.2, -0.15) is 0 Å². The van der Waals surface area contributed by atoms with E-state index >= 15 is 0 Å². The van der Waals surface area contributed by atoms with Crippen LogP contribution in [0.4, 0.5) is 11.4 Å². The van der Waals surface area contributed by atoms with Crippen molar-refractivity contribution in [2.45, 2.75) is 52.4 Å². The molecular weight excluding hydrogens is 300 g/mol. The summed E-state index contributed by atoms with van der Waals surface area (Å²) in [6, 6.07) is 8.08. The Balaban J connectivity index is 1.79. The molecule has 0 fully saturated rings. The molecule has 0 amide bonds. The minimum absolute atomic E-state index is 0.802. The molecule has 0 unspecified atom stereocenters. The second-order valence-corrected chi connectivity index (χ2v) is 6.34. The predicted octanol–water partition coefficient (Wildman–Crippen LogP) is 6.07. The van der Waals surface area contributed by atoms with Gasteiger partial charge in [0.15, 0.2) is 11.8 Å². The monoisotopic (exact) mass is 322 g/mol. The van der Waals surface area contributed by atoms with Crippen molar-refractivity contribution in [3.63, 3.8) is 0 Å². The number of hydrogen-bond donors (Lipinski definition) is 0. The lowest BCUT2D eigenvalue weighted by Gasteiger charge is -2.23. The van der Waals surface area contributed by atoms with E-state index in [1.54, 1.807) is 0 Å². The summed E-state index contributed by atoms with van der Waals surface area (Å²) in [7, 11) is 0. The van der Waals surface area contributed by atoms with E-state index in [4.69, 9.17) is 19.5 Å². The predicted molar refractivity (Wildman–Crippen MR) is 98.4 cm³/mol. The van der Waals surface area contributed by atoms with Gasteiger partial charge in [0, 0.05) is 12.8 Å². The van der Waals surface area contributed by atoms with E-state index in [1.165, 1.54) is 0 Å². The van der Waals surface area contributed by atoms with E-state index in [-0.39, 0.29) is 0 Å². The highest BCUT2D eigenvalue weighted by molar-refractivity contribution is 6.13. The average molecular weight is 322 g/mol. The molecule has 0 bridgehead atoms. The van der Waals surface area contributed by atoms with Crippen molar-refractivity contribution >= 4 is 33.9 Å². The Kier molecular flexibility index (Phi) is 3.97. The summed E-state index contributed by atoms with van der Waals surface area (Å²) in [5.41, 5.74) is 1.91. The van der Waals surface area contributed by atoms with Crippen molar-refractivity contribution in [2.75, 3.05) is 0 Å². The summed E-state index contributed by atoms with van der Waals surface area (Å²) in [5.74, 6) is 3.33. The van der Waals surface area contributed by atoms with Gasteiger partial charge < -0.3 is 9.47 Å². The molecule has 2 aromatic carbocycles. The summed E-state index contributed by atoms with van der Waals surface area (Å²) >= 11 is 0. The van der Waals surface area contributed by atoms with Gasteiger partial charge in [0.2, 0.25) is 0 Å². The van der Waals surface area contributed by atoms with Crippen LogP contribution in [0, 0.1) is 0 Å². The van der Waals surface area contributed by atoms with Gasteiger partial charge in [-0.15, -0.1) is 0 Å². The summed E-state index contributed by atoms with van der Waals surface area (Å²) < 4.78 is 12.0.